The molecule has 2 saturated carbocycles. The molecule has 0 atom stereocenters. The average Bonchev–Trinajstić information content (AvgIpc) is 3.24. The van der Waals surface area contributed by atoms with E-state index in [1.54, 1.807) is 5.30 Å². The van der Waals surface area contributed by atoms with Crippen molar-refractivity contribution in [1.82, 2.24) is 0 Å². The first kappa shape index (κ1) is 35.3. The molecule has 6 aromatic rings. The molecule has 6 aromatic carbocycles. The maximum absolute atomic E-state index is 2.55. The van der Waals surface area contributed by atoms with Crippen molar-refractivity contribution >= 4 is 36.5 Å². The topological polar surface area (TPSA) is 0 Å². The van der Waals surface area contributed by atoms with Crippen molar-refractivity contribution in [2.24, 2.45) is 0 Å². The monoisotopic (exact) mass is 706 g/mol. The van der Waals surface area contributed by atoms with Crippen LogP contribution >= 0.6 is 7.92 Å². The normalized spacial score (nSPS) is 16.2. The van der Waals surface area contributed by atoms with Crippen molar-refractivity contribution in [3.8, 4) is 11.1 Å². The summed E-state index contributed by atoms with van der Waals surface area (Å²) >= 11 is 0. The van der Waals surface area contributed by atoms with E-state index in [-0.39, 0.29) is 7.92 Å². The molecule has 0 radical (unpaired) electrons. The second-order valence-corrected chi connectivity index (χ2v) is 17.7. The molecule has 0 spiro atoms. The van der Waals surface area contributed by atoms with Gasteiger partial charge in [0.25, 0.3) is 0 Å². The van der Waals surface area contributed by atoms with Gasteiger partial charge in [-0.05, 0) is 110 Å². The van der Waals surface area contributed by atoms with Crippen molar-refractivity contribution in [2.75, 3.05) is 0 Å². The molecule has 53 heavy (non-hydrogen) atoms. The van der Waals surface area contributed by atoms with Crippen molar-refractivity contribution in [3.05, 3.63) is 197 Å². The third-order valence-electron chi connectivity index (χ3n) is 11.4. The van der Waals surface area contributed by atoms with E-state index in [2.05, 4.69) is 176 Å². The molecule has 0 N–H and O–H groups in total. The fourth-order valence-corrected chi connectivity index (χ4v) is 12.9. The van der Waals surface area contributed by atoms with Crippen molar-refractivity contribution in [1.29, 1.82) is 0 Å². The van der Waals surface area contributed by atoms with Crippen molar-refractivity contribution in [3.63, 3.8) is 0 Å². The summed E-state index contributed by atoms with van der Waals surface area (Å²) in [4.78, 5) is 0. The van der Waals surface area contributed by atoms with E-state index in [1.165, 1.54) is 120 Å². The number of benzene rings is 6. The van der Waals surface area contributed by atoms with Gasteiger partial charge in [-0.3, -0.25) is 0 Å². The molecule has 2 aliphatic carbocycles. The van der Waals surface area contributed by atoms with Crippen LogP contribution in [0.5, 0.6) is 0 Å². The molecule has 0 unspecified atom stereocenters. The minimum Gasteiger partial charge on any atom is -0.0683 e. The first-order valence-electron chi connectivity index (χ1n) is 20.0. The van der Waals surface area contributed by atoms with Gasteiger partial charge >= 0.3 is 0 Å². The van der Waals surface area contributed by atoms with Gasteiger partial charge in [-0.2, -0.15) is 0 Å². The number of rotatable bonds is 10. The Bertz CT molecular complexity index is 1990. The van der Waals surface area contributed by atoms with E-state index in [1.807, 2.05) is 0 Å². The summed E-state index contributed by atoms with van der Waals surface area (Å²) in [5, 5.41) is 1.63. The van der Waals surface area contributed by atoms with Gasteiger partial charge in [0.1, 0.15) is 0 Å². The Morgan fingerprint density at radius 2 is 0.792 bits per heavy atom. The molecular formula is C52H51P. The molecule has 0 aromatic heterocycles. The van der Waals surface area contributed by atoms with Crippen LogP contribution in [-0.2, 0) is 0 Å². The maximum Gasteiger partial charge on any atom is -0.00200 e. The van der Waals surface area contributed by atoms with E-state index in [0.717, 1.165) is 11.3 Å². The smallest absolute Gasteiger partial charge is 0.00200 e. The minimum absolute atomic E-state index is 0.343. The Morgan fingerprint density at radius 1 is 0.396 bits per heavy atom. The average molecular weight is 707 g/mol. The van der Waals surface area contributed by atoms with Crippen LogP contribution in [0.3, 0.4) is 0 Å². The number of hydrogen-bond acceptors (Lipinski definition) is 0. The molecule has 8 rings (SSSR count). The SMILES string of the molecule is C(=C(/c1ccccc1)c1cccc(/C(=C/c2ccccc2)c2ccccc2)c1-c1ccccc1P(C1CCCCC1)C1CCCCC1)/c1ccccc1. The Kier molecular flexibility index (Phi) is 11.6. The Labute approximate surface area is 319 Å². The summed E-state index contributed by atoms with van der Waals surface area (Å²) in [5.74, 6) is 0. The lowest BCUT2D eigenvalue weighted by Gasteiger charge is -2.40. The van der Waals surface area contributed by atoms with Crippen LogP contribution < -0.4 is 5.30 Å². The van der Waals surface area contributed by atoms with Crippen LogP contribution in [0.2, 0.25) is 0 Å². The van der Waals surface area contributed by atoms with E-state index in [4.69, 9.17) is 0 Å². The Balaban J connectivity index is 1.44. The van der Waals surface area contributed by atoms with Crippen molar-refractivity contribution < 1.29 is 0 Å². The van der Waals surface area contributed by atoms with Gasteiger partial charge in [-0.15, -0.1) is 0 Å². The molecule has 0 amide bonds. The van der Waals surface area contributed by atoms with Crippen LogP contribution in [0.4, 0.5) is 0 Å². The zero-order valence-corrected chi connectivity index (χ0v) is 31.8. The fourth-order valence-electron chi connectivity index (χ4n) is 8.91. The first-order valence-corrected chi connectivity index (χ1v) is 21.5. The molecule has 0 nitrogen and oxygen atoms in total. The molecule has 0 saturated heterocycles. The molecule has 264 valence electrons. The predicted octanol–water partition coefficient (Wildman–Crippen LogP) is 14.3. The highest BCUT2D eigenvalue weighted by atomic mass is 31.1. The molecular weight excluding hydrogens is 656 g/mol. The van der Waals surface area contributed by atoms with Crippen LogP contribution in [0.1, 0.15) is 97.6 Å². The summed E-state index contributed by atoms with van der Waals surface area (Å²) in [7, 11) is -0.343. The van der Waals surface area contributed by atoms with Gasteiger partial charge in [-0.1, -0.05) is 210 Å². The zero-order valence-electron chi connectivity index (χ0n) is 30.9. The largest absolute Gasteiger partial charge is 0.0683 e. The van der Waals surface area contributed by atoms with Crippen LogP contribution in [0.15, 0.2) is 164 Å². The predicted molar refractivity (Wildman–Crippen MR) is 232 cm³/mol. The molecule has 1 heteroatoms. The lowest BCUT2D eigenvalue weighted by Crippen LogP contribution is -2.27. The van der Waals surface area contributed by atoms with Crippen LogP contribution in [-0.4, -0.2) is 11.3 Å². The van der Waals surface area contributed by atoms with Gasteiger partial charge in [0.2, 0.25) is 0 Å². The quantitative estimate of drug-likeness (QED) is 0.0983. The molecule has 0 bridgehead atoms. The summed E-state index contributed by atoms with van der Waals surface area (Å²) < 4.78 is 0. The molecule has 2 fully saturated rings. The first-order chi connectivity index (χ1) is 26.3. The van der Waals surface area contributed by atoms with E-state index in [0.29, 0.717) is 0 Å². The minimum atomic E-state index is -0.343. The summed E-state index contributed by atoms with van der Waals surface area (Å²) in [5.41, 5.74) is 14.4. The second kappa shape index (κ2) is 17.4. The zero-order chi connectivity index (χ0) is 35.7. The lowest BCUT2D eigenvalue weighted by atomic mass is 9.82. The Morgan fingerprint density at radius 3 is 1.25 bits per heavy atom. The maximum atomic E-state index is 2.55. The molecule has 2 aliphatic rings. The summed E-state index contributed by atoms with van der Waals surface area (Å²) in [6.07, 6.45) is 18.7. The second-order valence-electron chi connectivity index (χ2n) is 14.9. The van der Waals surface area contributed by atoms with E-state index >= 15 is 0 Å². The van der Waals surface area contributed by atoms with E-state index in [9.17, 15) is 0 Å². The van der Waals surface area contributed by atoms with E-state index < -0.39 is 0 Å². The van der Waals surface area contributed by atoms with Gasteiger partial charge in [-0.25, -0.2) is 0 Å². The lowest BCUT2D eigenvalue weighted by molar-refractivity contribution is 0.487. The van der Waals surface area contributed by atoms with Gasteiger partial charge in [0.15, 0.2) is 0 Å². The highest BCUT2D eigenvalue weighted by Crippen LogP contribution is 2.57. The number of hydrogen-bond donors (Lipinski definition) is 0. The van der Waals surface area contributed by atoms with Gasteiger partial charge in [0, 0.05) is 0 Å². The highest BCUT2D eigenvalue weighted by molar-refractivity contribution is 7.67. The molecule has 0 heterocycles. The summed E-state index contributed by atoms with van der Waals surface area (Å²) in [6.45, 7) is 0. The third kappa shape index (κ3) is 8.25. The van der Waals surface area contributed by atoms with Crippen molar-refractivity contribution in [2.45, 2.75) is 75.5 Å². The molecule has 0 aliphatic heterocycles. The third-order valence-corrected chi connectivity index (χ3v) is 15.0. The van der Waals surface area contributed by atoms with Gasteiger partial charge < -0.3 is 0 Å². The fraction of sp³-hybridized carbons (Fsp3) is 0.231. The van der Waals surface area contributed by atoms with Crippen LogP contribution in [0.25, 0.3) is 34.4 Å². The highest BCUT2D eigenvalue weighted by Gasteiger charge is 2.34. The standard InChI is InChI=1S/C52H51P/c1-7-22-40(23-8-1)38-49(42-26-11-3-12-27-42)46-35-21-36-47(50(43-28-13-4-14-29-43)39-41-24-9-2-10-25-41)52(46)48-34-19-20-37-51(48)53(44-30-15-5-16-31-44)45-32-17-6-18-33-45/h1-4,7-14,19-29,34-39,44-45H,5-6,15-18,30-33H2/b49-38+,50-39+. The van der Waals surface area contributed by atoms with Gasteiger partial charge in [0.05, 0.1) is 0 Å². The summed E-state index contributed by atoms with van der Waals surface area (Å²) in [6, 6.07) is 60.7. The Hall–Kier alpha value is -4.77. The van der Waals surface area contributed by atoms with Crippen LogP contribution in [0, 0.1) is 0 Å².